The molecule has 0 amide bonds. The van der Waals surface area contributed by atoms with Crippen LogP contribution in [0.1, 0.15) is 54.1 Å². The molecule has 0 saturated heterocycles. The highest BCUT2D eigenvalue weighted by Gasteiger charge is 2.27. The third-order valence-corrected chi connectivity index (χ3v) is 6.51. The third-order valence-electron chi connectivity index (χ3n) is 6.51. The van der Waals surface area contributed by atoms with E-state index in [-0.39, 0.29) is 11.6 Å². The monoisotopic (exact) mass is 482 g/mol. The maximum atomic E-state index is 13.1. The van der Waals surface area contributed by atoms with Gasteiger partial charge >= 0.3 is 0 Å². The van der Waals surface area contributed by atoms with E-state index in [2.05, 4.69) is 44.5 Å². The molecule has 1 N–H and O–H groups in total. The van der Waals surface area contributed by atoms with Crippen molar-refractivity contribution < 1.29 is 4.42 Å². The number of hydrogen-bond donors (Lipinski definition) is 1. The molecule has 3 aromatic heterocycles. The highest BCUT2D eigenvalue weighted by molar-refractivity contribution is 5.81. The van der Waals surface area contributed by atoms with Crippen LogP contribution in [0.25, 0.3) is 10.9 Å². The molecule has 8 heteroatoms. The van der Waals surface area contributed by atoms with Crippen molar-refractivity contribution in [1.82, 2.24) is 30.1 Å². The van der Waals surface area contributed by atoms with Gasteiger partial charge in [-0.3, -0.25) is 9.69 Å². The Balaban J connectivity index is 1.53. The van der Waals surface area contributed by atoms with Crippen molar-refractivity contribution >= 4 is 10.9 Å². The van der Waals surface area contributed by atoms with Crippen molar-refractivity contribution in [3.05, 3.63) is 112 Å². The van der Waals surface area contributed by atoms with E-state index in [1.165, 1.54) is 0 Å². The largest absolute Gasteiger partial charge is 0.468 e. The van der Waals surface area contributed by atoms with Crippen molar-refractivity contribution in [3.63, 3.8) is 0 Å². The predicted molar refractivity (Wildman–Crippen MR) is 138 cm³/mol. The highest BCUT2D eigenvalue weighted by atomic mass is 16.3. The van der Waals surface area contributed by atoms with Crippen LogP contribution in [0.3, 0.4) is 0 Å². The predicted octanol–water partition coefficient (Wildman–Crippen LogP) is 5.01. The van der Waals surface area contributed by atoms with Crippen molar-refractivity contribution in [2.45, 2.75) is 52.4 Å². The van der Waals surface area contributed by atoms with E-state index in [1.807, 2.05) is 66.2 Å². The minimum Gasteiger partial charge on any atom is -0.468 e. The summed E-state index contributed by atoms with van der Waals surface area (Å²) in [6.07, 6.45) is 3.44. The number of fused-ring (bicyclic) bond motifs is 1. The number of benzene rings is 2. The maximum absolute atomic E-state index is 13.1. The fourth-order valence-corrected chi connectivity index (χ4v) is 4.71. The van der Waals surface area contributed by atoms with Crippen molar-refractivity contribution in [3.8, 4) is 0 Å². The Morgan fingerprint density at radius 3 is 2.69 bits per heavy atom. The van der Waals surface area contributed by atoms with Gasteiger partial charge in [-0.05, 0) is 58.5 Å². The molecule has 36 heavy (non-hydrogen) atoms. The molecule has 0 aliphatic rings. The number of tetrazole rings is 1. The molecule has 184 valence electrons. The molecule has 1 unspecified atom stereocenters. The van der Waals surface area contributed by atoms with Gasteiger partial charge < -0.3 is 9.40 Å². The fraction of sp³-hybridized carbons (Fsp3) is 0.286. The lowest BCUT2D eigenvalue weighted by Crippen LogP contribution is -2.32. The first-order valence-corrected chi connectivity index (χ1v) is 12.3. The van der Waals surface area contributed by atoms with Gasteiger partial charge in [-0.1, -0.05) is 61.9 Å². The minimum atomic E-state index is -0.105. The SMILES string of the molecule is CCCC(c1nnnn1Cc1ccccc1)N(Cc1ccco1)Cc1cc2cccc(C)c2[nH]c1=O. The van der Waals surface area contributed by atoms with Gasteiger partial charge in [-0.2, -0.15) is 0 Å². The Kier molecular flexibility index (Phi) is 7.04. The van der Waals surface area contributed by atoms with Crippen LogP contribution in [0.4, 0.5) is 0 Å². The lowest BCUT2D eigenvalue weighted by atomic mass is 10.1. The second-order valence-electron chi connectivity index (χ2n) is 9.13. The quantitative estimate of drug-likeness (QED) is 0.301. The first kappa shape index (κ1) is 23.7. The summed E-state index contributed by atoms with van der Waals surface area (Å²) in [5.74, 6) is 1.60. The third kappa shape index (κ3) is 5.13. The number of nitrogens with zero attached hydrogens (tertiary/aromatic N) is 5. The van der Waals surface area contributed by atoms with Gasteiger partial charge in [0.05, 0.1) is 30.9 Å². The Morgan fingerprint density at radius 2 is 1.92 bits per heavy atom. The Bertz CT molecular complexity index is 1470. The number of pyridine rings is 1. The van der Waals surface area contributed by atoms with E-state index in [0.29, 0.717) is 25.2 Å². The average molecular weight is 483 g/mol. The molecule has 8 nitrogen and oxygen atoms in total. The van der Waals surface area contributed by atoms with Gasteiger partial charge in [0.2, 0.25) is 0 Å². The van der Waals surface area contributed by atoms with Gasteiger partial charge in [0.25, 0.3) is 5.56 Å². The molecule has 0 bridgehead atoms. The average Bonchev–Trinajstić information content (AvgIpc) is 3.56. The molecule has 0 radical (unpaired) electrons. The van der Waals surface area contributed by atoms with E-state index in [4.69, 9.17) is 4.42 Å². The fourth-order valence-electron chi connectivity index (χ4n) is 4.71. The molecule has 2 aromatic carbocycles. The zero-order chi connectivity index (χ0) is 24.9. The van der Waals surface area contributed by atoms with Crippen molar-refractivity contribution in [2.75, 3.05) is 0 Å². The Labute approximate surface area is 209 Å². The molecule has 0 spiro atoms. The highest BCUT2D eigenvalue weighted by Crippen LogP contribution is 2.28. The summed E-state index contributed by atoms with van der Waals surface area (Å²) in [6, 6.07) is 21.9. The van der Waals surface area contributed by atoms with Gasteiger partial charge in [0.15, 0.2) is 5.82 Å². The normalized spacial score (nSPS) is 12.4. The number of furan rings is 1. The van der Waals surface area contributed by atoms with Gasteiger partial charge in [0, 0.05) is 12.1 Å². The lowest BCUT2D eigenvalue weighted by Gasteiger charge is -2.30. The van der Waals surface area contributed by atoms with E-state index in [1.54, 1.807) is 6.26 Å². The summed E-state index contributed by atoms with van der Waals surface area (Å²) >= 11 is 0. The van der Waals surface area contributed by atoms with Crippen LogP contribution < -0.4 is 5.56 Å². The molecule has 5 rings (SSSR count). The number of aromatic amines is 1. The smallest absolute Gasteiger partial charge is 0.252 e. The van der Waals surface area contributed by atoms with Crippen LogP contribution in [0.5, 0.6) is 0 Å². The van der Waals surface area contributed by atoms with Gasteiger partial charge in [-0.15, -0.1) is 5.10 Å². The molecule has 0 aliphatic heterocycles. The minimum absolute atomic E-state index is 0.0830. The summed E-state index contributed by atoms with van der Waals surface area (Å²) in [5, 5.41) is 13.8. The number of nitrogens with one attached hydrogen (secondary N) is 1. The molecule has 0 fully saturated rings. The molecule has 0 aliphatic carbocycles. The van der Waals surface area contributed by atoms with E-state index >= 15 is 0 Å². The molecular formula is C28H30N6O2. The number of hydrogen-bond acceptors (Lipinski definition) is 6. The Hall–Kier alpha value is -4.04. The van der Waals surface area contributed by atoms with Crippen LogP contribution in [0.15, 0.2) is 82.2 Å². The van der Waals surface area contributed by atoms with Crippen LogP contribution in [0, 0.1) is 6.92 Å². The van der Waals surface area contributed by atoms with Gasteiger partial charge in [0.1, 0.15) is 5.76 Å². The topological polar surface area (TPSA) is 92.8 Å². The number of aromatic nitrogens is 5. The second-order valence-corrected chi connectivity index (χ2v) is 9.13. The zero-order valence-electron chi connectivity index (χ0n) is 20.6. The summed E-state index contributed by atoms with van der Waals surface area (Å²) in [6.45, 7) is 5.69. The molecular weight excluding hydrogens is 452 g/mol. The van der Waals surface area contributed by atoms with E-state index < -0.39 is 0 Å². The number of rotatable bonds is 10. The van der Waals surface area contributed by atoms with Crippen LogP contribution in [0.2, 0.25) is 0 Å². The van der Waals surface area contributed by atoms with Gasteiger partial charge in [-0.25, -0.2) is 4.68 Å². The maximum Gasteiger partial charge on any atom is 0.252 e. The molecule has 3 heterocycles. The summed E-state index contributed by atoms with van der Waals surface area (Å²) in [7, 11) is 0. The molecule has 1 atom stereocenters. The summed E-state index contributed by atoms with van der Waals surface area (Å²) in [4.78, 5) is 18.5. The van der Waals surface area contributed by atoms with Crippen LogP contribution in [-0.2, 0) is 19.6 Å². The lowest BCUT2D eigenvalue weighted by molar-refractivity contribution is 0.144. The second kappa shape index (κ2) is 10.7. The summed E-state index contributed by atoms with van der Waals surface area (Å²) in [5.41, 5.74) is 3.66. The van der Waals surface area contributed by atoms with E-state index in [9.17, 15) is 4.79 Å². The number of para-hydroxylation sites is 1. The first-order chi connectivity index (χ1) is 17.6. The zero-order valence-corrected chi connectivity index (χ0v) is 20.6. The number of aryl methyl sites for hydroxylation is 1. The van der Waals surface area contributed by atoms with Crippen molar-refractivity contribution in [1.29, 1.82) is 0 Å². The first-order valence-electron chi connectivity index (χ1n) is 12.3. The van der Waals surface area contributed by atoms with Crippen molar-refractivity contribution in [2.24, 2.45) is 0 Å². The van der Waals surface area contributed by atoms with Crippen LogP contribution in [-0.4, -0.2) is 30.1 Å². The van der Waals surface area contributed by atoms with E-state index in [0.717, 1.165) is 46.5 Å². The van der Waals surface area contributed by atoms with Crippen LogP contribution >= 0.6 is 0 Å². The standard InChI is InChI=1S/C28H30N6O2/c1-3-9-25(27-30-31-32-34(27)17-21-11-5-4-6-12-21)33(19-24-14-8-15-36-24)18-23-16-22-13-7-10-20(2)26(22)29-28(23)35/h4-8,10-16,25H,3,9,17-19H2,1-2H3,(H,29,35). The summed E-state index contributed by atoms with van der Waals surface area (Å²) < 4.78 is 7.56. The number of H-pyrrole nitrogens is 1. The molecule has 0 saturated carbocycles. The Morgan fingerprint density at radius 1 is 1.06 bits per heavy atom. The molecule has 5 aromatic rings.